The third-order valence-electron chi connectivity index (χ3n) is 1.54. The second kappa shape index (κ2) is 6.18. The van der Waals surface area contributed by atoms with E-state index in [1.807, 2.05) is 6.92 Å². The maximum absolute atomic E-state index is 10.7. The van der Waals surface area contributed by atoms with Gasteiger partial charge in [-0.2, -0.15) is 0 Å². The quantitative estimate of drug-likeness (QED) is 0.385. The summed E-state index contributed by atoms with van der Waals surface area (Å²) in [6.07, 6.45) is 0.716. The van der Waals surface area contributed by atoms with Gasteiger partial charge in [0.2, 0.25) is 0 Å². The highest BCUT2D eigenvalue weighted by atomic mass is 16.6. The fourth-order valence-electron chi connectivity index (χ4n) is 0.939. The maximum Gasteiger partial charge on any atom is 0.307 e. The van der Waals surface area contributed by atoms with Crippen molar-refractivity contribution in [2.75, 3.05) is 0 Å². The molecule has 0 bridgehead atoms. The van der Waals surface area contributed by atoms with E-state index in [0.717, 1.165) is 0 Å². The summed E-state index contributed by atoms with van der Waals surface area (Å²) in [6.45, 7) is 6.46. The number of ether oxygens (including phenoxy) is 2. The summed E-state index contributed by atoms with van der Waals surface area (Å²) in [6, 6.07) is 0. The number of rotatable bonds is 5. The van der Waals surface area contributed by atoms with E-state index in [1.54, 1.807) is 13.8 Å². The normalized spacial score (nSPS) is 14.0. The zero-order valence-electron chi connectivity index (χ0n) is 8.99. The number of esters is 1. The first-order chi connectivity index (χ1) is 6.51. The molecule has 0 N–H and O–H groups in total. The number of allylic oxidation sites excluding steroid dienone is 2. The molecule has 0 amide bonds. The van der Waals surface area contributed by atoms with Gasteiger partial charge in [0.15, 0.2) is 12.4 Å². The molecule has 0 saturated carbocycles. The Balaban J connectivity index is 4.48. The first kappa shape index (κ1) is 12.7. The summed E-state index contributed by atoms with van der Waals surface area (Å²) in [5.74, 6) is 0.553. The predicted octanol–water partition coefficient (Wildman–Crippen LogP) is 1.79. The minimum absolute atomic E-state index is 0.386. The topological polar surface area (TPSA) is 52.6 Å². The lowest BCUT2D eigenvalue weighted by Crippen LogP contribution is -2.11. The number of hydrogen-bond acceptors (Lipinski definition) is 4. The van der Waals surface area contributed by atoms with Crippen molar-refractivity contribution in [3.8, 4) is 0 Å². The van der Waals surface area contributed by atoms with E-state index in [-0.39, 0.29) is 5.97 Å². The molecule has 1 atom stereocenters. The van der Waals surface area contributed by atoms with Gasteiger partial charge < -0.3 is 9.47 Å². The van der Waals surface area contributed by atoms with Gasteiger partial charge in [-0.25, -0.2) is 0 Å². The van der Waals surface area contributed by atoms with E-state index in [0.29, 0.717) is 24.2 Å². The molecule has 1 unspecified atom stereocenters. The number of carbonyl (C=O) groups is 2. The molecule has 14 heavy (non-hydrogen) atoms. The van der Waals surface area contributed by atoms with Crippen molar-refractivity contribution in [2.24, 2.45) is 0 Å². The Morgan fingerprint density at radius 2 is 2.00 bits per heavy atom. The Labute approximate surface area is 83.9 Å². The van der Waals surface area contributed by atoms with Crippen LogP contribution in [0.25, 0.3) is 0 Å². The number of hydrogen-bond donors (Lipinski definition) is 0. The second-order valence-corrected chi connectivity index (χ2v) is 2.89. The van der Waals surface area contributed by atoms with E-state index in [2.05, 4.69) is 0 Å². The van der Waals surface area contributed by atoms with Crippen molar-refractivity contribution in [1.82, 2.24) is 0 Å². The Hall–Kier alpha value is -1.32. The van der Waals surface area contributed by atoms with Crippen molar-refractivity contribution in [1.29, 1.82) is 0 Å². The Bertz CT molecular complexity index is 243. The largest absolute Gasteiger partial charge is 0.484 e. The molecule has 0 aliphatic heterocycles. The van der Waals surface area contributed by atoms with Gasteiger partial charge in [-0.05, 0) is 13.8 Å². The zero-order chi connectivity index (χ0) is 11.1. The van der Waals surface area contributed by atoms with Crippen LogP contribution in [0.15, 0.2) is 11.5 Å². The lowest BCUT2D eigenvalue weighted by Gasteiger charge is -2.13. The van der Waals surface area contributed by atoms with Gasteiger partial charge in [0.1, 0.15) is 11.5 Å². The molecule has 0 saturated heterocycles. The third-order valence-corrected chi connectivity index (χ3v) is 1.54. The first-order valence-electron chi connectivity index (χ1n) is 4.51. The molecule has 0 heterocycles. The number of carbonyl (C=O) groups excluding carboxylic acids is 2. The van der Waals surface area contributed by atoms with Crippen molar-refractivity contribution < 1.29 is 19.1 Å². The highest BCUT2D eigenvalue weighted by Crippen LogP contribution is 2.13. The summed E-state index contributed by atoms with van der Waals surface area (Å²) in [5, 5.41) is 0. The first-order valence-corrected chi connectivity index (χ1v) is 4.51. The summed E-state index contributed by atoms with van der Waals surface area (Å²) >= 11 is 0. The standard InChI is InChI=1S/C10H16O4/c1-5-10(14-9(4)12)8(3)13-7(2)6-11/h6-7H,5H2,1-4H3/b10-8+. The van der Waals surface area contributed by atoms with Crippen LogP contribution in [0.1, 0.15) is 34.1 Å². The summed E-state index contributed by atoms with van der Waals surface area (Å²) in [7, 11) is 0. The zero-order valence-corrected chi connectivity index (χ0v) is 8.99. The maximum atomic E-state index is 10.7. The average molecular weight is 200 g/mol. The van der Waals surface area contributed by atoms with E-state index < -0.39 is 6.10 Å². The van der Waals surface area contributed by atoms with Crippen molar-refractivity contribution in [3.05, 3.63) is 11.5 Å². The van der Waals surface area contributed by atoms with Crippen LogP contribution < -0.4 is 0 Å². The Kier molecular flexibility index (Phi) is 5.60. The molecule has 0 spiro atoms. The van der Waals surface area contributed by atoms with Crippen LogP contribution in [0.5, 0.6) is 0 Å². The van der Waals surface area contributed by atoms with Gasteiger partial charge in [0, 0.05) is 13.3 Å². The second-order valence-electron chi connectivity index (χ2n) is 2.89. The minimum Gasteiger partial charge on any atom is -0.484 e. The van der Waals surface area contributed by atoms with E-state index in [4.69, 9.17) is 9.47 Å². The molecule has 4 nitrogen and oxygen atoms in total. The minimum atomic E-state index is -0.521. The van der Waals surface area contributed by atoms with Crippen LogP contribution in [0.3, 0.4) is 0 Å². The Morgan fingerprint density at radius 3 is 2.36 bits per heavy atom. The van der Waals surface area contributed by atoms with Crippen molar-refractivity contribution in [2.45, 2.75) is 40.2 Å². The molecule has 0 aliphatic rings. The lowest BCUT2D eigenvalue weighted by atomic mass is 10.3. The van der Waals surface area contributed by atoms with Crippen LogP contribution in [-0.4, -0.2) is 18.4 Å². The van der Waals surface area contributed by atoms with Crippen LogP contribution in [-0.2, 0) is 19.1 Å². The molecule has 0 aromatic rings. The lowest BCUT2D eigenvalue weighted by molar-refractivity contribution is -0.137. The third kappa shape index (κ3) is 4.64. The fraction of sp³-hybridized carbons (Fsp3) is 0.600. The fourth-order valence-corrected chi connectivity index (χ4v) is 0.939. The van der Waals surface area contributed by atoms with Gasteiger partial charge in [0.25, 0.3) is 0 Å². The summed E-state index contributed by atoms with van der Waals surface area (Å²) in [5.41, 5.74) is 0. The van der Waals surface area contributed by atoms with Gasteiger partial charge in [-0.1, -0.05) is 6.92 Å². The van der Waals surface area contributed by atoms with Crippen LogP contribution >= 0.6 is 0 Å². The smallest absolute Gasteiger partial charge is 0.307 e. The van der Waals surface area contributed by atoms with E-state index in [1.165, 1.54) is 6.92 Å². The Morgan fingerprint density at radius 1 is 1.43 bits per heavy atom. The van der Waals surface area contributed by atoms with Gasteiger partial charge >= 0.3 is 5.97 Å². The molecular formula is C10H16O4. The molecule has 0 radical (unpaired) electrons. The molecule has 0 fully saturated rings. The van der Waals surface area contributed by atoms with Crippen LogP contribution in [0, 0.1) is 0 Å². The van der Waals surface area contributed by atoms with Crippen molar-refractivity contribution >= 4 is 12.3 Å². The highest BCUT2D eigenvalue weighted by Gasteiger charge is 2.08. The summed E-state index contributed by atoms with van der Waals surface area (Å²) < 4.78 is 10.1. The highest BCUT2D eigenvalue weighted by molar-refractivity contribution is 5.67. The summed E-state index contributed by atoms with van der Waals surface area (Å²) in [4.78, 5) is 21.0. The molecule has 0 aromatic carbocycles. The molecule has 0 aliphatic carbocycles. The molecule has 80 valence electrons. The van der Waals surface area contributed by atoms with Gasteiger partial charge in [-0.3, -0.25) is 9.59 Å². The monoisotopic (exact) mass is 200 g/mol. The van der Waals surface area contributed by atoms with Gasteiger partial charge in [-0.15, -0.1) is 0 Å². The van der Waals surface area contributed by atoms with Gasteiger partial charge in [0.05, 0.1) is 0 Å². The van der Waals surface area contributed by atoms with E-state index >= 15 is 0 Å². The predicted molar refractivity (Wildman–Crippen MR) is 51.4 cm³/mol. The van der Waals surface area contributed by atoms with Crippen LogP contribution in [0.2, 0.25) is 0 Å². The average Bonchev–Trinajstić information content (AvgIpc) is 2.13. The van der Waals surface area contributed by atoms with Crippen molar-refractivity contribution in [3.63, 3.8) is 0 Å². The molecule has 0 rings (SSSR count). The van der Waals surface area contributed by atoms with Crippen LogP contribution in [0.4, 0.5) is 0 Å². The SMILES string of the molecule is CC/C(OC(C)=O)=C(/C)OC(C)C=O. The van der Waals surface area contributed by atoms with E-state index in [9.17, 15) is 9.59 Å². The number of aldehydes is 1. The molecule has 4 heteroatoms. The molecular weight excluding hydrogens is 184 g/mol. The molecule has 0 aromatic heterocycles.